The Bertz CT molecular complexity index is 369. The van der Waals surface area contributed by atoms with E-state index in [1.807, 2.05) is 6.07 Å². The van der Waals surface area contributed by atoms with Gasteiger partial charge in [-0.2, -0.15) is 0 Å². The van der Waals surface area contributed by atoms with Crippen molar-refractivity contribution >= 4 is 5.97 Å². The molecule has 74 valence electrons. The number of hydrogen-bond acceptors (Lipinski definition) is 2. The minimum atomic E-state index is -0.0757. The molecule has 0 radical (unpaired) electrons. The largest absolute Gasteiger partial charge is 0.457 e. The maximum Gasteiger partial charge on any atom is 0.306 e. The molecule has 1 saturated heterocycles. The van der Waals surface area contributed by atoms with Crippen molar-refractivity contribution in [3.8, 4) is 0 Å². The van der Waals surface area contributed by atoms with Crippen molar-refractivity contribution in [2.45, 2.75) is 32.8 Å². The number of ether oxygens (including phenoxy) is 1. The van der Waals surface area contributed by atoms with Gasteiger partial charge in [-0.15, -0.1) is 0 Å². The lowest BCUT2D eigenvalue weighted by Gasteiger charge is -2.11. The summed E-state index contributed by atoms with van der Waals surface area (Å²) < 4.78 is 5.20. The van der Waals surface area contributed by atoms with Crippen molar-refractivity contribution in [2.24, 2.45) is 0 Å². The van der Waals surface area contributed by atoms with Crippen LogP contribution in [0.4, 0.5) is 0 Å². The molecule has 2 rings (SSSR count). The normalized spacial score (nSPS) is 21.0. The molecular formula is C12H14O2. The number of hydrogen-bond donors (Lipinski definition) is 0. The first kappa shape index (κ1) is 9.25. The molecule has 0 N–H and O–H groups in total. The summed E-state index contributed by atoms with van der Waals surface area (Å²) in [5.74, 6) is -0.0757. The molecule has 1 atom stereocenters. The van der Waals surface area contributed by atoms with E-state index in [1.165, 1.54) is 11.1 Å². The number of carbonyl (C=O) groups excluding carboxylic acids is 1. The van der Waals surface area contributed by atoms with Gasteiger partial charge in [-0.1, -0.05) is 18.2 Å². The zero-order chi connectivity index (χ0) is 10.1. The van der Waals surface area contributed by atoms with Crippen LogP contribution in [-0.4, -0.2) is 5.97 Å². The van der Waals surface area contributed by atoms with Gasteiger partial charge in [0.25, 0.3) is 0 Å². The monoisotopic (exact) mass is 190 g/mol. The van der Waals surface area contributed by atoms with Crippen molar-refractivity contribution in [3.05, 3.63) is 34.9 Å². The Balaban J connectivity index is 2.24. The van der Waals surface area contributed by atoms with Crippen LogP contribution < -0.4 is 0 Å². The molecule has 0 saturated carbocycles. The van der Waals surface area contributed by atoms with Crippen molar-refractivity contribution in [1.82, 2.24) is 0 Å². The number of aryl methyl sites for hydroxylation is 2. The lowest BCUT2D eigenvalue weighted by Crippen LogP contribution is -1.99. The molecule has 0 amide bonds. The second-order valence-electron chi connectivity index (χ2n) is 3.86. The molecule has 2 nitrogen and oxygen atoms in total. The first-order valence-corrected chi connectivity index (χ1v) is 4.93. The lowest BCUT2D eigenvalue weighted by molar-refractivity contribution is -0.141. The fourth-order valence-corrected chi connectivity index (χ4v) is 1.73. The molecule has 1 aromatic rings. The first-order chi connectivity index (χ1) is 6.66. The highest BCUT2D eigenvalue weighted by molar-refractivity contribution is 5.71. The highest BCUT2D eigenvalue weighted by atomic mass is 16.5. The summed E-state index contributed by atoms with van der Waals surface area (Å²) in [5.41, 5.74) is 3.66. The predicted molar refractivity (Wildman–Crippen MR) is 54.0 cm³/mol. The van der Waals surface area contributed by atoms with Gasteiger partial charge in [-0.05, 0) is 37.0 Å². The molecule has 0 unspecified atom stereocenters. The number of benzene rings is 1. The van der Waals surface area contributed by atoms with Crippen LogP contribution in [0.25, 0.3) is 0 Å². The van der Waals surface area contributed by atoms with Crippen molar-refractivity contribution in [2.75, 3.05) is 0 Å². The fourth-order valence-electron chi connectivity index (χ4n) is 1.73. The van der Waals surface area contributed by atoms with E-state index in [1.54, 1.807) is 0 Å². The standard InChI is InChI=1S/C12H14O2/c1-8-3-4-10(7-9(8)2)11-5-6-12(13)14-11/h3-4,7,11H,5-6H2,1-2H3/t11-/m0/s1. The summed E-state index contributed by atoms with van der Waals surface area (Å²) in [7, 11) is 0. The molecule has 2 heteroatoms. The Labute approximate surface area is 83.9 Å². The Hall–Kier alpha value is -1.31. The lowest BCUT2D eigenvalue weighted by atomic mass is 10.0. The zero-order valence-electron chi connectivity index (χ0n) is 8.54. The maximum absolute atomic E-state index is 11.0. The number of rotatable bonds is 1. The van der Waals surface area contributed by atoms with E-state index in [-0.39, 0.29) is 12.1 Å². The van der Waals surface area contributed by atoms with Crippen molar-refractivity contribution < 1.29 is 9.53 Å². The molecule has 14 heavy (non-hydrogen) atoms. The summed E-state index contributed by atoms with van der Waals surface area (Å²) in [6.07, 6.45) is 1.36. The van der Waals surface area contributed by atoms with E-state index in [2.05, 4.69) is 26.0 Å². The van der Waals surface area contributed by atoms with E-state index in [0.29, 0.717) is 6.42 Å². The minimum absolute atomic E-state index is 0.0122. The van der Waals surface area contributed by atoms with Gasteiger partial charge in [-0.3, -0.25) is 4.79 Å². The molecule has 0 aliphatic carbocycles. The van der Waals surface area contributed by atoms with Crippen LogP contribution in [0.1, 0.15) is 35.6 Å². The SMILES string of the molecule is Cc1ccc([C@@H]2CCC(=O)O2)cc1C. The van der Waals surface area contributed by atoms with Crippen LogP contribution in [0.2, 0.25) is 0 Å². The average Bonchev–Trinajstić information content (AvgIpc) is 2.57. The van der Waals surface area contributed by atoms with Gasteiger partial charge in [0.2, 0.25) is 0 Å². The molecule has 0 spiro atoms. The minimum Gasteiger partial charge on any atom is -0.457 e. The van der Waals surface area contributed by atoms with Gasteiger partial charge < -0.3 is 4.74 Å². The highest BCUT2D eigenvalue weighted by Crippen LogP contribution is 2.30. The summed E-state index contributed by atoms with van der Waals surface area (Å²) in [6.45, 7) is 4.16. The van der Waals surface area contributed by atoms with Gasteiger partial charge >= 0.3 is 5.97 Å². The third kappa shape index (κ3) is 1.65. The van der Waals surface area contributed by atoms with Gasteiger partial charge in [0.15, 0.2) is 0 Å². The van der Waals surface area contributed by atoms with Crippen molar-refractivity contribution in [3.63, 3.8) is 0 Å². The Morgan fingerprint density at radius 1 is 1.29 bits per heavy atom. The van der Waals surface area contributed by atoms with Gasteiger partial charge in [0.1, 0.15) is 6.10 Å². The Morgan fingerprint density at radius 2 is 2.07 bits per heavy atom. The summed E-state index contributed by atoms with van der Waals surface area (Å²) in [4.78, 5) is 11.0. The second kappa shape index (κ2) is 3.45. The second-order valence-corrected chi connectivity index (χ2v) is 3.86. The summed E-state index contributed by atoms with van der Waals surface area (Å²) in [5, 5.41) is 0. The summed E-state index contributed by atoms with van der Waals surface area (Å²) in [6, 6.07) is 6.24. The smallest absolute Gasteiger partial charge is 0.306 e. The van der Waals surface area contributed by atoms with E-state index >= 15 is 0 Å². The molecule has 0 bridgehead atoms. The van der Waals surface area contributed by atoms with E-state index < -0.39 is 0 Å². The van der Waals surface area contributed by atoms with E-state index in [9.17, 15) is 4.79 Å². The average molecular weight is 190 g/mol. The van der Waals surface area contributed by atoms with Crippen molar-refractivity contribution in [1.29, 1.82) is 0 Å². The fraction of sp³-hybridized carbons (Fsp3) is 0.417. The van der Waals surface area contributed by atoms with E-state index in [0.717, 1.165) is 12.0 Å². The van der Waals surface area contributed by atoms with Gasteiger partial charge in [0.05, 0.1) is 0 Å². The zero-order valence-corrected chi connectivity index (χ0v) is 8.54. The number of carbonyl (C=O) groups is 1. The highest BCUT2D eigenvalue weighted by Gasteiger charge is 2.24. The Morgan fingerprint density at radius 3 is 2.64 bits per heavy atom. The molecule has 1 aromatic carbocycles. The Kier molecular flexibility index (Phi) is 2.28. The number of esters is 1. The van der Waals surface area contributed by atoms with Crippen LogP contribution in [-0.2, 0) is 9.53 Å². The third-order valence-electron chi connectivity index (χ3n) is 2.79. The number of cyclic esters (lactones) is 1. The molecule has 1 heterocycles. The first-order valence-electron chi connectivity index (χ1n) is 4.93. The summed E-state index contributed by atoms with van der Waals surface area (Å²) >= 11 is 0. The molecule has 1 aliphatic heterocycles. The van der Waals surface area contributed by atoms with Crippen LogP contribution in [0.15, 0.2) is 18.2 Å². The van der Waals surface area contributed by atoms with Crippen LogP contribution in [0, 0.1) is 13.8 Å². The van der Waals surface area contributed by atoms with Crippen LogP contribution in [0.3, 0.4) is 0 Å². The van der Waals surface area contributed by atoms with Crippen LogP contribution in [0.5, 0.6) is 0 Å². The van der Waals surface area contributed by atoms with Gasteiger partial charge in [-0.25, -0.2) is 0 Å². The maximum atomic E-state index is 11.0. The topological polar surface area (TPSA) is 26.3 Å². The molecular weight excluding hydrogens is 176 g/mol. The van der Waals surface area contributed by atoms with Gasteiger partial charge in [0, 0.05) is 6.42 Å². The quantitative estimate of drug-likeness (QED) is 0.636. The molecule has 1 aliphatic rings. The van der Waals surface area contributed by atoms with E-state index in [4.69, 9.17) is 4.74 Å². The predicted octanol–water partition coefficient (Wildman–Crippen LogP) is 2.68. The third-order valence-corrected chi connectivity index (χ3v) is 2.79. The molecule has 0 aromatic heterocycles. The van der Waals surface area contributed by atoms with Crippen LogP contribution >= 0.6 is 0 Å². The molecule has 1 fully saturated rings.